The zero-order chi connectivity index (χ0) is 42.0. The van der Waals surface area contributed by atoms with Gasteiger partial charge in [-0.2, -0.15) is 10.4 Å². The summed E-state index contributed by atoms with van der Waals surface area (Å²) in [4.78, 5) is 15.0. The number of nitrogens with zero attached hydrogens (tertiary/aromatic N) is 5. The highest BCUT2D eigenvalue weighted by Crippen LogP contribution is 2.49. The minimum Gasteiger partial charge on any atom is -0.387 e. The normalized spacial score (nSPS) is 21.1. The van der Waals surface area contributed by atoms with Gasteiger partial charge in [-0.25, -0.2) is 23.1 Å². The summed E-state index contributed by atoms with van der Waals surface area (Å²) in [6, 6.07) is 9.17. The van der Waals surface area contributed by atoms with Crippen LogP contribution >= 0.6 is 7.75 Å². The third-order valence-electron chi connectivity index (χ3n) is 10.9. The molecule has 2 aromatic heterocycles. The van der Waals surface area contributed by atoms with Gasteiger partial charge in [-0.15, -0.1) is 0 Å². The van der Waals surface area contributed by atoms with Crippen molar-refractivity contribution < 1.29 is 42.8 Å². The average Bonchev–Trinajstić information content (AvgIpc) is 3.73. The maximum atomic E-state index is 14.1. The van der Waals surface area contributed by atoms with Gasteiger partial charge in [0.2, 0.25) is 0 Å². The largest absolute Gasteiger partial charge is 0.405 e. The lowest BCUT2D eigenvalue weighted by molar-refractivity contribution is -0.0982. The van der Waals surface area contributed by atoms with Crippen molar-refractivity contribution in [3.8, 4) is 6.07 Å². The molecule has 5 N–H and O–H groups in total. The van der Waals surface area contributed by atoms with E-state index in [9.17, 15) is 29.3 Å². The second-order valence-corrected chi connectivity index (χ2v) is 17.8. The van der Waals surface area contributed by atoms with Crippen molar-refractivity contribution in [2.24, 2.45) is 0 Å². The minimum absolute atomic E-state index is 0.0632. The summed E-state index contributed by atoms with van der Waals surface area (Å²) in [6.45, 7) is 3.61. The summed E-state index contributed by atoms with van der Waals surface area (Å²) in [7, 11) is -3.12. The number of rotatable bonds is 29. The van der Waals surface area contributed by atoms with Crippen LogP contribution in [0.1, 0.15) is 140 Å². The molecule has 0 radical (unpaired) electrons. The molecular weight excluding hydrogens is 766 g/mol. The Labute approximate surface area is 343 Å². The highest BCUT2D eigenvalue weighted by atomic mass is 31.2. The van der Waals surface area contributed by atoms with E-state index in [1.165, 1.54) is 120 Å². The first-order valence-corrected chi connectivity index (χ1v) is 22.6. The number of anilines is 1. The Morgan fingerprint density at radius 2 is 1.64 bits per heavy atom. The molecule has 1 unspecified atom stereocenters. The van der Waals surface area contributed by atoms with Crippen molar-refractivity contribution in [2.45, 2.75) is 153 Å². The van der Waals surface area contributed by atoms with E-state index in [-0.39, 0.29) is 31.1 Å². The van der Waals surface area contributed by atoms with Gasteiger partial charge in [0.15, 0.2) is 5.82 Å². The highest BCUT2D eigenvalue weighted by molar-refractivity contribution is 7.50. The van der Waals surface area contributed by atoms with Crippen LogP contribution in [0.4, 0.5) is 10.2 Å². The predicted octanol–water partition coefficient (Wildman–Crippen LogP) is 7.79. The molecule has 0 spiro atoms. The topological polar surface area (TPSA) is 198 Å². The maximum absolute atomic E-state index is 14.1. The lowest BCUT2D eigenvalue weighted by Gasteiger charge is -2.31. The number of hydrogen-bond donors (Lipinski definition) is 4. The van der Waals surface area contributed by atoms with Gasteiger partial charge in [0.1, 0.15) is 41.6 Å². The fourth-order valence-electron chi connectivity index (χ4n) is 7.34. The number of nitrogens with two attached hydrogens (primary N) is 1. The monoisotopic (exact) mass is 832 g/mol. The summed E-state index contributed by atoms with van der Waals surface area (Å²) in [5.74, 6) is -0.348. The van der Waals surface area contributed by atoms with E-state index in [0.717, 1.165) is 30.0 Å². The molecule has 1 aliphatic rings. The van der Waals surface area contributed by atoms with Crippen molar-refractivity contribution in [1.29, 1.82) is 5.26 Å². The standard InChI is InChI=1S/C42H66FN6O8P/c1-4-5-6-7-8-9-10-11-12-13-14-15-16-17-18-19-22-54-29-35(55-28-33-23-32(26-44)24-34(43)25-33)27-48(3)58(52,53)56-30-42(2)40(51)38(50)39(57-42)36-20-21-37-41(45)46-31-47-49(36)37/h20-21,23-25,31,35,38-40,50-51H,4-19,22,27-30H2,1-3H3,(H,52,53)(H2,45,46,47)/t35-,38-,39-,40-,42+/m0/s1. The van der Waals surface area contributed by atoms with Crippen molar-refractivity contribution in [1.82, 2.24) is 19.3 Å². The quantitative estimate of drug-likeness (QED) is 0.0391. The number of fused-ring (bicyclic) bond motifs is 1. The van der Waals surface area contributed by atoms with Gasteiger partial charge < -0.3 is 35.1 Å². The molecule has 14 nitrogen and oxygen atoms in total. The number of aliphatic hydroxyl groups excluding tert-OH is 2. The van der Waals surface area contributed by atoms with E-state index in [4.69, 9.17) is 24.5 Å². The Kier molecular flexibility index (Phi) is 19.9. The number of nitriles is 1. The molecule has 1 saturated heterocycles. The highest BCUT2D eigenvalue weighted by Gasteiger charge is 2.53. The Balaban J connectivity index is 1.22. The molecule has 4 rings (SSSR count). The first kappa shape index (κ1) is 47.6. The summed E-state index contributed by atoms with van der Waals surface area (Å²) >= 11 is 0. The molecule has 1 aromatic carbocycles. The SMILES string of the molecule is CCCCCCCCCCCCCCCCCCOC[C@H](CN(C)P(=O)(O)OC[C@@]1(C)O[C@@H](c2ccc3c(N)ncnn23)[C@H](O)[C@@H]1O)OCc1cc(F)cc(C#N)c1. The lowest BCUT2D eigenvalue weighted by atomic mass is 9.97. The number of aliphatic hydroxyl groups is 2. The van der Waals surface area contributed by atoms with Crippen LogP contribution in [0.15, 0.2) is 36.7 Å². The van der Waals surface area contributed by atoms with Gasteiger partial charge in [0.05, 0.1) is 43.3 Å². The van der Waals surface area contributed by atoms with Crippen LogP contribution in [0, 0.1) is 17.1 Å². The van der Waals surface area contributed by atoms with Gasteiger partial charge in [-0.05, 0) is 56.3 Å². The summed E-state index contributed by atoms with van der Waals surface area (Å²) in [5.41, 5.74) is 5.85. The number of nitrogen functional groups attached to an aromatic ring is 1. The van der Waals surface area contributed by atoms with Crippen LogP contribution in [0.2, 0.25) is 0 Å². The van der Waals surface area contributed by atoms with Crippen molar-refractivity contribution >= 4 is 19.1 Å². The molecular formula is C42H66FN6O8P. The summed E-state index contributed by atoms with van der Waals surface area (Å²) < 4.78 is 53.9. The van der Waals surface area contributed by atoms with Crippen LogP contribution in [-0.2, 0) is 29.9 Å². The van der Waals surface area contributed by atoms with Crippen LogP contribution < -0.4 is 5.73 Å². The third-order valence-corrected chi connectivity index (χ3v) is 12.4. The fraction of sp³-hybridized carbons (Fsp3) is 0.690. The van der Waals surface area contributed by atoms with Gasteiger partial charge in [-0.3, -0.25) is 4.52 Å². The van der Waals surface area contributed by atoms with Gasteiger partial charge >= 0.3 is 7.75 Å². The van der Waals surface area contributed by atoms with Gasteiger partial charge in [0, 0.05) is 13.2 Å². The number of hydrogen-bond acceptors (Lipinski definition) is 11. The molecule has 1 aliphatic heterocycles. The number of aromatic nitrogens is 3. The van der Waals surface area contributed by atoms with Crippen LogP contribution in [-0.4, -0.2) is 91.7 Å². The van der Waals surface area contributed by atoms with E-state index in [1.807, 2.05) is 6.07 Å². The molecule has 324 valence electrons. The summed E-state index contributed by atoms with van der Waals surface area (Å²) in [5, 5.41) is 35.4. The first-order valence-electron chi connectivity index (χ1n) is 21.1. The minimum atomic E-state index is -4.52. The molecule has 58 heavy (non-hydrogen) atoms. The second-order valence-electron chi connectivity index (χ2n) is 15.9. The van der Waals surface area contributed by atoms with Crippen LogP contribution in [0.3, 0.4) is 0 Å². The van der Waals surface area contributed by atoms with E-state index in [2.05, 4.69) is 17.0 Å². The Morgan fingerprint density at radius 1 is 1.02 bits per heavy atom. The van der Waals surface area contributed by atoms with Gasteiger partial charge in [0.25, 0.3) is 0 Å². The van der Waals surface area contributed by atoms with Crippen molar-refractivity contribution in [3.63, 3.8) is 0 Å². The Hall–Kier alpha value is -3.03. The third kappa shape index (κ3) is 14.6. The summed E-state index contributed by atoms with van der Waals surface area (Å²) in [6.07, 6.45) is 16.9. The molecule has 16 heteroatoms. The Morgan fingerprint density at radius 3 is 2.26 bits per heavy atom. The van der Waals surface area contributed by atoms with Gasteiger partial charge in [-0.1, -0.05) is 103 Å². The Bertz CT molecular complexity index is 1760. The zero-order valence-electron chi connectivity index (χ0n) is 34.6. The smallest absolute Gasteiger partial charge is 0.387 e. The van der Waals surface area contributed by atoms with E-state index in [1.54, 1.807) is 12.1 Å². The number of ether oxygens (including phenoxy) is 3. The van der Waals surface area contributed by atoms with E-state index < -0.39 is 50.2 Å². The van der Waals surface area contributed by atoms with Crippen molar-refractivity contribution in [3.05, 3.63) is 59.3 Å². The molecule has 1 fully saturated rings. The van der Waals surface area contributed by atoms with E-state index in [0.29, 0.717) is 23.4 Å². The molecule has 0 bridgehead atoms. The number of unbranched alkanes of at least 4 members (excludes halogenated alkanes) is 15. The maximum Gasteiger partial charge on any atom is 0.405 e. The first-order chi connectivity index (χ1) is 27.9. The lowest BCUT2D eigenvalue weighted by Crippen LogP contribution is -2.44. The molecule has 3 heterocycles. The molecule has 0 amide bonds. The second kappa shape index (κ2) is 24.3. The molecule has 3 aromatic rings. The molecule has 0 aliphatic carbocycles. The van der Waals surface area contributed by atoms with E-state index >= 15 is 0 Å². The van der Waals surface area contributed by atoms with Crippen LogP contribution in [0.5, 0.6) is 0 Å². The molecule has 0 saturated carbocycles. The predicted molar refractivity (Wildman–Crippen MR) is 220 cm³/mol. The fourth-order valence-corrected chi connectivity index (χ4v) is 8.35. The van der Waals surface area contributed by atoms with Crippen LogP contribution in [0.25, 0.3) is 5.52 Å². The van der Waals surface area contributed by atoms with Crippen molar-refractivity contribution in [2.75, 3.05) is 39.1 Å². The molecule has 6 atom stereocenters. The number of likely N-dealkylation sites (N-methyl/N-ethyl adjacent to an activating group) is 1. The number of benzene rings is 1. The zero-order valence-corrected chi connectivity index (χ0v) is 35.5. The average molecular weight is 833 g/mol. The number of halogens is 1.